The van der Waals surface area contributed by atoms with Gasteiger partial charge in [0, 0.05) is 25.3 Å². The number of aromatic nitrogens is 2. The summed E-state index contributed by atoms with van der Waals surface area (Å²) in [6.07, 6.45) is 0. The lowest BCUT2D eigenvalue weighted by molar-refractivity contribution is 0.143. The van der Waals surface area contributed by atoms with Crippen molar-refractivity contribution in [2.24, 2.45) is 0 Å². The molecule has 0 aliphatic carbocycles. The van der Waals surface area contributed by atoms with E-state index in [4.69, 9.17) is 9.47 Å². The molecule has 1 N–H and O–H groups in total. The van der Waals surface area contributed by atoms with Crippen LogP contribution in [0.5, 0.6) is 5.88 Å². The van der Waals surface area contributed by atoms with Gasteiger partial charge in [-0.15, -0.1) is 5.10 Å². The van der Waals surface area contributed by atoms with E-state index in [1.54, 1.807) is 7.11 Å². The predicted octanol–water partition coefficient (Wildman–Crippen LogP) is 1.39. The first kappa shape index (κ1) is 13.9. The van der Waals surface area contributed by atoms with Crippen LogP contribution in [0, 0.1) is 0 Å². The first-order valence-electron chi connectivity index (χ1n) is 5.70. The molecule has 17 heavy (non-hydrogen) atoms. The lowest BCUT2D eigenvalue weighted by atomic mass is 10.1. The van der Waals surface area contributed by atoms with Crippen molar-refractivity contribution in [3.05, 3.63) is 17.8 Å². The third-order valence-electron chi connectivity index (χ3n) is 2.03. The molecule has 0 atom stereocenters. The summed E-state index contributed by atoms with van der Waals surface area (Å²) < 4.78 is 10.2. The Bertz CT molecular complexity index is 320. The maximum absolute atomic E-state index is 5.33. The summed E-state index contributed by atoms with van der Waals surface area (Å²) in [4.78, 5) is 0. The first-order valence-corrected chi connectivity index (χ1v) is 5.70. The molecular formula is C12H21N3O2. The van der Waals surface area contributed by atoms with Crippen LogP contribution in [0.15, 0.2) is 12.1 Å². The maximum Gasteiger partial charge on any atom is 0.233 e. The Morgan fingerprint density at radius 2 is 1.94 bits per heavy atom. The second kappa shape index (κ2) is 6.51. The molecule has 1 aromatic heterocycles. The zero-order valence-electron chi connectivity index (χ0n) is 11.0. The molecule has 0 saturated carbocycles. The van der Waals surface area contributed by atoms with Crippen molar-refractivity contribution in [3.63, 3.8) is 0 Å². The lowest BCUT2D eigenvalue weighted by Gasteiger charge is -2.19. The highest BCUT2D eigenvalue weighted by molar-refractivity contribution is 5.11. The molecule has 5 nitrogen and oxygen atoms in total. The fourth-order valence-electron chi connectivity index (χ4n) is 1.10. The highest BCUT2D eigenvalue weighted by Crippen LogP contribution is 2.06. The molecule has 0 bridgehead atoms. The Labute approximate surface area is 103 Å². The molecule has 0 aromatic carbocycles. The van der Waals surface area contributed by atoms with Gasteiger partial charge in [0.15, 0.2) is 0 Å². The van der Waals surface area contributed by atoms with Gasteiger partial charge >= 0.3 is 0 Å². The van der Waals surface area contributed by atoms with Crippen molar-refractivity contribution in [2.45, 2.75) is 32.9 Å². The number of nitrogens with zero attached hydrogens (tertiary/aromatic N) is 2. The normalized spacial score (nSPS) is 11.5. The summed E-state index contributed by atoms with van der Waals surface area (Å²) in [7, 11) is 1.64. The minimum Gasteiger partial charge on any atom is -0.474 e. The van der Waals surface area contributed by atoms with Gasteiger partial charge in [0.2, 0.25) is 5.88 Å². The van der Waals surface area contributed by atoms with Crippen LogP contribution >= 0.6 is 0 Å². The number of hydrogen-bond acceptors (Lipinski definition) is 5. The van der Waals surface area contributed by atoms with E-state index in [0.29, 0.717) is 25.6 Å². The minimum absolute atomic E-state index is 0.0787. The number of nitrogens with one attached hydrogen (secondary N) is 1. The average molecular weight is 239 g/mol. The first-order chi connectivity index (χ1) is 8.01. The molecule has 0 spiro atoms. The highest BCUT2D eigenvalue weighted by Gasteiger charge is 2.09. The molecule has 96 valence electrons. The van der Waals surface area contributed by atoms with Crippen LogP contribution in [0.1, 0.15) is 26.5 Å². The van der Waals surface area contributed by atoms with Gasteiger partial charge in [-0.05, 0) is 26.8 Å². The summed E-state index contributed by atoms with van der Waals surface area (Å²) in [5.41, 5.74) is 0.981. The van der Waals surface area contributed by atoms with Crippen LogP contribution in [0.3, 0.4) is 0 Å². The van der Waals surface area contributed by atoms with E-state index < -0.39 is 0 Å². The number of ether oxygens (including phenoxy) is 2. The Balaban J connectivity index is 2.39. The van der Waals surface area contributed by atoms with Gasteiger partial charge in [0.05, 0.1) is 12.3 Å². The number of hydrogen-bond donors (Lipinski definition) is 1. The van der Waals surface area contributed by atoms with Crippen molar-refractivity contribution < 1.29 is 9.47 Å². The van der Waals surface area contributed by atoms with Crippen molar-refractivity contribution in [1.29, 1.82) is 0 Å². The van der Waals surface area contributed by atoms with Crippen LogP contribution in [0.25, 0.3) is 0 Å². The standard InChI is InChI=1S/C12H21N3O2/c1-12(2,3)13-9-10-5-6-11(15-14-10)17-8-7-16-4/h5-6,13H,7-9H2,1-4H3. The molecule has 0 amide bonds. The highest BCUT2D eigenvalue weighted by atomic mass is 16.5. The van der Waals surface area contributed by atoms with Gasteiger partial charge in [-0.2, -0.15) is 5.10 Å². The van der Waals surface area contributed by atoms with Crippen LogP contribution in [0.4, 0.5) is 0 Å². The Hall–Kier alpha value is -1.20. The third kappa shape index (κ3) is 6.19. The molecule has 0 aliphatic rings. The Morgan fingerprint density at radius 1 is 1.18 bits per heavy atom. The van der Waals surface area contributed by atoms with Crippen molar-refractivity contribution in [2.75, 3.05) is 20.3 Å². The van der Waals surface area contributed by atoms with E-state index in [2.05, 4.69) is 36.3 Å². The predicted molar refractivity (Wildman–Crippen MR) is 66.0 cm³/mol. The second-order valence-corrected chi connectivity index (χ2v) is 4.81. The monoisotopic (exact) mass is 239 g/mol. The van der Waals surface area contributed by atoms with Crippen molar-refractivity contribution >= 4 is 0 Å². The SMILES string of the molecule is COCCOc1ccc(CNC(C)(C)C)nn1. The molecule has 1 aromatic rings. The van der Waals surface area contributed by atoms with Crippen molar-refractivity contribution in [3.8, 4) is 5.88 Å². The van der Waals surface area contributed by atoms with Crippen LogP contribution in [0.2, 0.25) is 0 Å². The van der Waals surface area contributed by atoms with E-state index in [-0.39, 0.29) is 5.54 Å². The molecule has 5 heteroatoms. The summed E-state index contributed by atoms with van der Waals surface area (Å²) in [5.74, 6) is 0.529. The van der Waals surface area contributed by atoms with E-state index in [1.165, 1.54) is 0 Å². The van der Waals surface area contributed by atoms with Gasteiger partial charge in [-0.25, -0.2) is 0 Å². The van der Waals surface area contributed by atoms with Gasteiger partial charge in [-0.3, -0.25) is 0 Å². The van der Waals surface area contributed by atoms with E-state index >= 15 is 0 Å². The van der Waals surface area contributed by atoms with Gasteiger partial charge in [-0.1, -0.05) is 0 Å². The van der Waals surface area contributed by atoms with Gasteiger partial charge in [0.25, 0.3) is 0 Å². The Morgan fingerprint density at radius 3 is 2.47 bits per heavy atom. The van der Waals surface area contributed by atoms with E-state index in [9.17, 15) is 0 Å². The summed E-state index contributed by atoms with van der Waals surface area (Å²) in [6.45, 7) is 8.09. The zero-order chi connectivity index (χ0) is 12.7. The maximum atomic E-state index is 5.33. The topological polar surface area (TPSA) is 56.3 Å². The molecule has 0 radical (unpaired) electrons. The fraction of sp³-hybridized carbons (Fsp3) is 0.667. The van der Waals surface area contributed by atoms with Crippen LogP contribution in [-0.4, -0.2) is 36.1 Å². The minimum atomic E-state index is 0.0787. The molecule has 0 saturated heterocycles. The van der Waals surface area contributed by atoms with Gasteiger partial charge in [0.1, 0.15) is 6.61 Å². The summed E-state index contributed by atoms with van der Waals surface area (Å²) in [5, 5.41) is 11.4. The zero-order valence-corrected chi connectivity index (χ0v) is 11.0. The lowest BCUT2D eigenvalue weighted by Crippen LogP contribution is -2.35. The van der Waals surface area contributed by atoms with E-state index in [0.717, 1.165) is 5.69 Å². The molecule has 1 rings (SSSR count). The second-order valence-electron chi connectivity index (χ2n) is 4.81. The van der Waals surface area contributed by atoms with Crippen molar-refractivity contribution in [1.82, 2.24) is 15.5 Å². The van der Waals surface area contributed by atoms with Crippen LogP contribution < -0.4 is 10.1 Å². The number of rotatable bonds is 6. The van der Waals surface area contributed by atoms with Gasteiger partial charge < -0.3 is 14.8 Å². The molecule has 0 fully saturated rings. The van der Waals surface area contributed by atoms with E-state index in [1.807, 2.05) is 12.1 Å². The Kier molecular flexibility index (Phi) is 5.31. The quantitative estimate of drug-likeness (QED) is 0.760. The summed E-state index contributed by atoms with van der Waals surface area (Å²) in [6, 6.07) is 3.73. The smallest absolute Gasteiger partial charge is 0.233 e. The molecule has 0 unspecified atom stereocenters. The molecular weight excluding hydrogens is 218 g/mol. The molecule has 1 heterocycles. The summed E-state index contributed by atoms with van der Waals surface area (Å²) >= 11 is 0. The van der Waals surface area contributed by atoms with Crippen LogP contribution in [-0.2, 0) is 11.3 Å². The average Bonchev–Trinajstić information content (AvgIpc) is 2.27. The molecule has 0 aliphatic heterocycles. The number of methoxy groups -OCH3 is 1. The fourth-order valence-corrected chi connectivity index (χ4v) is 1.10. The third-order valence-corrected chi connectivity index (χ3v) is 2.03. The largest absolute Gasteiger partial charge is 0.474 e.